The van der Waals surface area contributed by atoms with Crippen LogP contribution in [0.5, 0.6) is 0 Å². The summed E-state index contributed by atoms with van der Waals surface area (Å²) in [7, 11) is 0. The summed E-state index contributed by atoms with van der Waals surface area (Å²) >= 11 is 0.243. The Balaban J connectivity index is 2.57. The highest BCUT2D eigenvalue weighted by molar-refractivity contribution is 7.89. The van der Waals surface area contributed by atoms with Gasteiger partial charge in [0.2, 0.25) is 0 Å². The van der Waals surface area contributed by atoms with E-state index >= 15 is 0 Å². The molecule has 0 spiro atoms. The van der Waals surface area contributed by atoms with Gasteiger partial charge in [-0.25, -0.2) is 5.26 Å². The largest absolute Gasteiger partial charge is 0.396 e. The van der Waals surface area contributed by atoms with E-state index in [1.54, 1.807) is 0 Å². The standard InChI is InChI=1S/C11H22O9S/c1-5(13)11(18-21-20-19-17)9(15)3-6-2-8(14)10(16)7(6)4-12/h5-17H,2-4H2,1H3. The van der Waals surface area contributed by atoms with Gasteiger partial charge in [0.15, 0.2) is 12.3 Å². The van der Waals surface area contributed by atoms with Crippen LogP contribution in [0.15, 0.2) is 0 Å². The van der Waals surface area contributed by atoms with Crippen molar-refractivity contribution in [3.8, 4) is 0 Å². The first kappa shape index (κ1) is 19.0. The lowest BCUT2D eigenvalue weighted by Crippen LogP contribution is -2.39. The first-order chi connectivity index (χ1) is 9.92. The number of hydrogen-bond donors (Lipinski definition) is 6. The van der Waals surface area contributed by atoms with Gasteiger partial charge in [-0.2, -0.15) is 0 Å². The van der Waals surface area contributed by atoms with Crippen LogP contribution in [0, 0.1) is 11.8 Å². The molecule has 0 heterocycles. The van der Waals surface area contributed by atoms with Crippen LogP contribution in [0.3, 0.4) is 0 Å². The van der Waals surface area contributed by atoms with E-state index in [2.05, 4.69) is 9.37 Å². The van der Waals surface area contributed by atoms with Gasteiger partial charge < -0.3 is 25.5 Å². The van der Waals surface area contributed by atoms with Gasteiger partial charge in [-0.3, -0.25) is 4.18 Å². The van der Waals surface area contributed by atoms with Crippen LogP contribution >= 0.6 is 12.3 Å². The third-order valence-corrected chi connectivity index (χ3v) is 4.22. The van der Waals surface area contributed by atoms with Gasteiger partial charge >= 0.3 is 0 Å². The van der Waals surface area contributed by atoms with Gasteiger partial charge in [-0.05, 0) is 25.7 Å². The molecular formula is C11H22O9S. The topological polar surface area (TPSA) is 149 Å². The Morgan fingerprint density at radius 1 is 1.29 bits per heavy atom. The Labute approximate surface area is 126 Å². The Morgan fingerprint density at radius 2 is 1.95 bits per heavy atom. The predicted molar refractivity (Wildman–Crippen MR) is 70.3 cm³/mol. The lowest BCUT2D eigenvalue weighted by molar-refractivity contribution is -0.434. The van der Waals surface area contributed by atoms with Crippen LogP contribution in [0.2, 0.25) is 0 Å². The lowest BCUT2D eigenvalue weighted by Gasteiger charge is -2.28. The summed E-state index contributed by atoms with van der Waals surface area (Å²) in [5.41, 5.74) is 0. The van der Waals surface area contributed by atoms with Crippen molar-refractivity contribution in [2.75, 3.05) is 6.61 Å². The SMILES string of the molecule is CC(O)C(OSOOO)C(O)CC1CC(O)C(O)C1CO. The van der Waals surface area contributed by atoms with Crippen LogP contribution in [0.4, 0.5) is 0 Å². The maximum atomic E-state index is 10.1. The van der Waals surface area contributed by atoms with Gasteiger partial charge in [0.25, 0.3) is 0 Å². The molecule has 0 radical (unpaired) electrons. The Hall–Kier alpha value is -0.0100. The Morgan fingerprint density at radius 3 is 2.48 bits per heavy atom. The van der Waals surface area contributed by atoms with Crippen LogP contribution in [-0.2, 0) is 13.6 Å². The Bertz CT molecular complexity index is 293. The van der Waals surface area contributed by atoms with E-state index in [0.717, 1.165) is 0 Å². The zero-order valence-electron chi connectivity index (χ0n) is 11.5. The molecule has 7 atom stereocenters. The molecule has 6 N–H and O–H groups in total. The van der Waals surface area contributed by atoms with Crippen molar-refractivity contribution < 1.29 is 44.3 Å². The molecular weight excluding hydrogens is 308 g/mol. The van der Waals surface area contributed by atoms with Gasteiger partial charge in [-0.1, -0.05) is 5.04 Å². The fourth-order valence-electron chi connectivity index (χ4n) is 2.70. The van der Waals surface area contributed by atoms with E-state index in [1.165, 1.54) is 6.92 Å². The summed E-state index contributed by atoms with van der Waals surface area (Å²) in [6.45, 7) is 1.09. The minimum absolute atomic E-state index is 0.107. The summed E-state index contributed by atoms with van der Waals surface area (Å²) in [5, 5.41) is 59.6. The normalized spacial score (nSPS) is 33.9. The third-order valence-electron chi connectivity index (χ3n) is 3.80. The van der Waals surface area contributed by atoms with Gasteiger partial charge in [0.05, 0.1) is 24.4 Å². The summed E-state index contributed by atoms with van der Waals surface area (Å²) < 4.78 is 8.98. The minimum Gasteiger partial charge on any atom is -0.396 e. The molecule has 10 heteroatoms. The fourth-order valence-corrected chi connectivity index (χ4v) is 3.14. The highest BCUT2D eigenvalue weighted by atomic mass is 32.2. The Kier molecular flexibility index (Phi) is 8.34. The molecule has 0 amide bonds. The van der Waals surface area contributed by atoms with E-state index in [0.29, 0.717) is 0 Å². The monoisotopic (exact) mass is 330 g/mol. The van der Waals surface area contributed by atoms with Crippen LogP contribution in [0.1, 0.15) is 19.8 Å². The van der Waals surface area contributed by atoms with Crippen molar-refractivity contribution in [2.24, 2.45) is 11.8 Å². The molecule has 21 heavy (non-hydrogen) atoms. The zero-order valence-corrected chi connectivity index (χ0v) is 12.3. The highest BCUT2D eigenvalue weighted by Crippen LogP contribution is 2.36. The first-order valence-electron chi connectivity index (χ1n) is 6.55. The molecule has 1 fully saturated rings. The van der Waals surface area contributed by atoms with Crippen LogP contribution in [-0.4, -0.2) is 67.9 Å². The van der Waals surface area contributed by atoms with E-state index in [4.69, 9.17) is 9.44 Å². The summed E-state index contributed by atoms with van der Waals surface area (Å²) in [4.78, 5) is 0. The number of rotatable bonds is 9. The summed E-state index contributed by atoms with van der Waals surface area (Å²) in [5.74, 6) is -0.867. The molecule has 0 aromatic heterocycles. The minimum atomic E-state index is -1.13. The zero-order chi connectivity index (χ0) is 16.0. The molecule has 7 unspecified atom stereocenters. The van der Waals surface area contributed by atoms with Crippen molar-refractivity contribution in [3.05, 3.63) is 0 Å². The van der Waals surface area contributed by atoms with Crippen LogP contribution in [0.25, 0.3) is 0 Å². The van der Waals surface area contributed by atoms with E-state index in [1.807, 2.05) is 0 Å². The molecule has 1 aliphatic carbocycles. The first-order valence-corrected chi connectivity index (χ1v) is 7.22. The van der Waals surface area contributed by atoms with Gasteiger partial charge in [0, 0.05) is 12.5 Å². The second kappa shape index (κ2) is 9.20. The molecule has 9 nitrogen and oxygen atoms in total. The van der Waals surface area contributed by atoms with Crippen molar-refractivity contribution >= 4 is 12.3 Å². The summed E-state index contributed by atoms with van der Waals surface area (Å²) in [6, 6.07) is 0. The maximum Gasteiger partial charge on any atom is 0.198 e. The van der Waals surface area contributed by atoms with E-state index < -0.39 is 36.4 Å². The second-order valence-corrected chi connectivity index (χ2v) is 5.68. The smallest absolute Gasteiger partial charge is 0.198 e. The average Bonchev–Trinajstić information content (AvgIpc) is 2.68. The molecule has 126 valence electrons. The number of aliphatic hydroxyl groups excluding tert-OH is 5. The summed E-state index contributed by atoms with van der Waals surface area (Å²) in [6.07, 6.45) is -4.87. The number of aliphatic hydroxyl groups is 5. The predicted octanol–water partition coefficient (Wildman–Crippen LogP) is -1.16. The van der Waals surface area contributed by atoms with Crippen LogP contribution < -0.4 is 0 Å². The maximum absolute atomic E-state index is 10.1. The van der Waals surface area contributed by atoms with Crippen molar-refractivity contribution in [1.29, 1.82) is 0 Å². The molecule has 1 aliphatic rings. The third kappa shape index (κ3) is 5.28. The average molecular weight is 330 g/mol. The lowest BCUT2D eigenvalue weighted by atomic mass is 9.88. The van der Waals surface area contributed by atoms with Gasteiger partial charge in [-0.15, -0.1) is 4.33 Å². The molecule has 1 saturated carbocycles. The molecule has 1 rings (SSSR count). The van der Waals surface area contributed by atoms with Crippen molar-refractivity contribution in [2.45, 2.75) is 50.3 Å². The van der Waals surface area contributed by atoms with Crippen molar-refractivity contribution in [3.63, 3.8) is 0 Å². The quantitative estimate of drug-likeness (QED) is 0.132. The molecule has 0 aromatic rings. The molecule has 0 saturated heterocycles. The number of hydrogen-bond acceptors (Lipinski definition) is 10. The molecule has 0 aromatic carbocycles. The molecule has 0 bridgehead atoms. The second-order valence-electron chi connectivity index (χ2n) is 5.22. The van der Waals surface area contributed by atoms with Crippen molar-refractivity contribution in [1.82, 2.24) is 0 Å². The molecule has 0 aliphatic heterocycles. The van der Waals surface area contributed by atoms with E-state index in [9.17, 15) is 25.5 Å². The fraction of sp³-hybridized carbons (Fsp3) is 1.00. The highest BCUT2D eigenvalue weighted by Gasteiger charge is 2.43. The van der Waals surface area contributed by atoms with E-state index in [-0.39, 0.29) is 37.7 Å². The van der Waals surface area contributed by atoms with Gasteiger partial charge in [0.1, 0.15) is 6.10 Å².